The summed E-state index contributed by atoms with van der Waals surface area (Å²) in [5, 5.41) is 6.68. The van der Waals surface area contributed by atoms with Gasteiger partial charge in [-0.15, -0.1) is 0 Å². The first-order chi connectivity index (χ1) is 15.6. The number of hydrogen-bond acceptors (Lipinski definition) is 3. The summed E-state index contributed by atoms with van der Waals surface area (Å²) in [6, 6.07) is 10.2. The fourth-order valence-electron chi connectivity index (χ4n) is 4.63. The van der Waals surface area contributed by atoms with Crippen LogP contribution in [0.4, 0.5) is 0 Å². The molecule has 7 nitrogen and oxygen atoms in total. The number of nitrogens with one attached hydrogen (secondary N) is 2. The second-order valence-corrected chi connectivity index (χ2v) is 8.84. The summed E-state index contributed by atoms with van der Waals surface area (Å²) < 4.78 is 0. The molecule has 1 saturated carbocycles. The maximum absolute atomic E-state index is 12.8. The van der Waals surface area contributed by atoms with Crippen molar-refractivity contribution in [1.29, 1.82) is 0 Å². The van der Waals surface area contributed by atoms with Gasteiger partial charge in [-0.2, -0.15) is 0 Å². The monoisotopic (exact) mass is 441 g/mol. The van der Waals surface area contributed by atoms with E-state index in [1.54, 1.807) is 0 Å². The molecule has 2 fully saturated rings. The number of amides is 2. The van der Waals surface area contributed by atoms with Crippen LogP contribution in [0.25, 0.3) is 0 Å². The predicted octanol–water partition coefficient (Wildman–Crippen LogP) is 2.77. The molecule has 32 heavy (non-hydrogen) atoms. The molecule has 0 aromatic heterocycles. The Morgan fingerprint density at radius 2 is 1.84 bits per heavy atom. The Morgan fingerprint density at radius 1 is 1.09 bits per heavy atom. The van der Waals surface area contributed by atoms with Crippen molar-refractivity contribution < 1.29 is 9.59 Å². The zero-order valence-electron chi connectivity index (χ0n) is 19.7. The average molecular weight is 442 g/mol. The molecule has 1 saturated heterocycles. The van der Waals surface area contributed by atoms with E-state index in [1.165, 1.54) is 19.3 Å². The maximum atomic E-state index is 12.8. The standard InChI is InChI=1S/C25H39N5O2/c1-3-26-25(27-17-23(31)29(4-2)18-20-11-7-5-8-12-20)28-22-15-16-30(19-22)24(32)21-13-9-6-10-14-21/h5,7-8,11-12,21-22H,3-4,6,9-10,13-19H2,1-2H3,(H2,26,27,28). The number of nitrogens with zero attached hydrogens (tertiary/aromatic N) is 3. The number of likely N-dealkylation sites (tertiary alicyclic amines) is 1. The van der Waals surface area contributed by atoms with Gasteiger partial charge in [0.05, 0.1) is 0 Å². The number of carbonyl (C=O) groups excluding carboxylic acids is 2. The quantitative estimate of drug-likeness (QED) is 0.480. The number of benzene rings is 1. The lowest BCUT2D eigenvalue weighted by Crippen LogP contribution is -2.46. The fourth-order valence-corrected chi connectivity index (χ4v) is 4.63. The van der Waals surface area contributed by atoms with Crippen LogP contribution in [0, 0.1) is 5.92 Å². The van der Waals surface area contributed by atoms with Crippen molar-refractivity contribution in [2.45, 2.75) is 65.0 Å². The van der Waals surface area contributed by atoms with Gasteiger partial charge in [0.25, 0.3) is 0 Å². The molecular weight excluding hydrogens is 402 g/mol. The van der Waals surface area contributed by atoms with Crippen molar-refractivity contribution in [3.05, 3.63) is 35.9 Å². The smallest absolute Gasteiger partial charge is 0.244 e. The van der Waals surface area contributed by atoms with Gasteiger partial charge in [0.15, 0.2) is 5.96 Å². The summed E-state index contributed by atoms with van der Waals surface area (Å²) in [7, 11) is 0. The van der Waals surface area contributed by atoms with Crippen LogP contribution in [0.5, 0.6) is 0 Å². The molecule has 1 heterocycles. The van der Waals surface area contributed by atoms with Gasteiger partial charge in [-0.1, -0.05) is 49.6 Å². The molecule has 1 aliphatic heterocycles. The Morgan fingerprint density at radius 3 is 2.53 bits per heavy atom. The summed E-state index contributed by atoms with van der Waals surface area (Å²) in [5.74, 6) is 1.19. The normalized spacial score (nSPS) is 19.6. The van der Waals surface area contributed by atoms with Gasteiger partial charge >= 0.3 is 0 Å². The summed E-state index contributed by atoms with van der Waals surface area (Å²) in [4.78, 5) is 34.0. The van der Waals surface area contributed by atoms with E-state index in [1.807, 2.05) is 54.0 Å². The summed E-state index contributed by atoms with van der Waals surface area (Å²) in [6.45, 7) is 7.58. The molecular formula is C25H39N5O2. The number of carbonyl (C=O) groups is 2. The van der Waals surface area contributed by atoms with Gasteiger partial charge in [0, 0.05) is 44.7 Å². The number of hydrogen-bond donors (Lipinski definition) is 2. The van der Waals surface area contributed by atoms with Gasteiger partial charge in [0.1, 0.15) is 6.54 Å². The summed E-state index contributed by atoms with van der Waals surface area (Å²) in [6.07, 6.45) is 6.60. The van der Waals surface area contributed by atoms with Crippen molar-refractivity contribution in [3.63, 3.8) is 0 Å². The van der Waals surface area contributed by atoms with E-state index < -0.39 is 0 Å². The van der Waals surface area contributed by atoms with Gasteiger partial charge in [-0.25, -0.2) is 4.99 Å². The molecule has 0 spiro atoms. The number of likely N-dealkylation sites (N-methyl/N-ethyl adjacent to an activating group) is 1. The van der Waals surface area contributed by atoms with Crippen LogP contribution in [-0.2, 0) is 16.1 Å². The number of aliphatic imine (C=N–C) groups is 1. The van der Waals surface area contributed by atoms with Gasteiger partial charge in [-0.05, 0) is 38.7 Å². The zero-order chi connectivity index (χ0) is 22.8. The van der Waals surface area contributed by atoms with Crippen LogP contribution in [0.15, 0.2) is 35.3 Å². The van der Waals surface area contributed by atoms with E-state index in [-0.39, 0.29) is 24.4 Å². The van der Waals surface area contributed by atoms with Crippen LogP contribution < -0.4 is 10.6 Å². The Kier molecular flexibility index (Phi) is 9.38. The van der Waals surface area contributed by atoms with Crippen LogP contribution >= 0.6 is 0 Å². The van der Waals surface area contributed by atoms with Crippen molar-refractivity contribution in [2.24, 2.45) is 10.9 Å². The molecule has 176 valence electrons. The van der Waals surface area contributed by atoms with Crippen molar-refractivity contribution in [1.82, 2.24) is 20.4 Å². The van der Waals surface area contributed by atoms with E-state index in [9.17, 15) is 9.59 Å². The highest BCUT2D eigenvalue weighted by Gasteiger charge is 2.31. The van der Waals surface area contributed by atoms with E-state index in [2.05, 4.69) is 15.6 Å². The third-order valence-corrected chi connectivity index (χ3v) is 6.46. The van der Waals surface area contributed by atoms with Crippen LogP contribution in [0.1, 0.15) is 57.9 Å². The Balaban J connectivity index is 1.51. The lowest BCUT2D eigenvalue weighted by Gasteiger charge is -2.26. The maximum Gasteiger partial charge on any atom is 0.244 e. The minimum atomic E-state index is 0.00841. The summed E-state index contributed by atoms with van der Waals surface area (Å²) in [5.41, 5.74) is 1.12. The molecule has 0 radical (unpaired) electrons. The molecule has 1 aliphatic carbocycles. The molecule has 1 aromatic rings. The van der Waals surface area contributed by atoms with Gasteiger partial charge < -0.3 is 20.4 Å². The van der Waals surface area contributed by atoms with E-state index >= 15 is 0 Å². The van der Waals surface area contributed by atoms with Crippen molar-refractivity contribution in [3.8, 4) is 0 Å². The minimum Gasteiger partial charge on any atom is -0.357 e. The molecule has 1 atom stereocenters. The molecule has 1 aromatic carbocycles. The zero-order valence-corrected chi connectivity index (χ0v) is 19.7. The molecule has 2 amide bonds. The van der Waals surface area contributed by atoms with Gasteiger partial charge in [-0.3, -0.25) is 9.59 Å². The average Bonchev–Trinajstić information content (AvgIpc) is 3.30. The first kappa shape index (κ1) is 24.1. The largest absolute Gasteiger partial charge is 0.357 e. The number of guanidine groups is 1. The third-order valence-electron chi connectivity index (χ3n) is 6.46. The molecule has 2 N–H and O–H groups in total. The minimum absolute atomic E-state index is 0.00841. The highest BCUT2D eigenvalue weighted by Crippen LogP contribution is 2.26. The van der Waals surface area contributed by atoms with Crippen LogP contribution in [0.2, 0.25) is 0 Å². The molecule has 2 aliphatic rings. The van der Waals surface area contributed by atoms with E-state index in [0.29, 0.717) is 31.5 Å². The number of rotatable bonds is 8. The van der Waals surface area contributed by atoms with Crippen LogP contribution in [-0.4, -0.2) is 66.3 Å². The molecule has 7 heteroatoms. The summed E-state index contributed by atoms with van der Waals surface area (Å²) >= 11 is 0. The van der Waals surface area contributed by atoms with Crippen LogP contribution in [0.3, 0.4) is 0 Å². The highest BCUT2D eigenvalue weighted by molar-refractivity contribution is 5.85. The first-order valence-corrected chi connectivity index (χ1v) is 12.3. The SMILES string of the molecule is CCNC(=NCC(=O)N(CC)Cc1ccccc1)NC1CCN(C(=O)C2CCCCC2)C1. The topological polar surface area (TPSA) is 77.0 Å². The van der Waals surface area contributed by atoms with E-state index in [4.69, 9.17) is 0 Å². The van der Waals surface area contributed by atoms with Crippen molar-refractivity contribution in [2.75, 3.05) is 32.7 Å². The Hall–Kier alpha value is -2.57. The fraction of sp³-hybridized carbons (Fsp3) is 0.640. The second kappa shape index (κ2) is 12.5. The van der Waals surface area contributed by atoms with Gasteiger partial charge in [0.2, 0.25) is 11.8 Å². The first-order valence-electron chi connectivity index (χ1n) is 12.3. The third kappa shape index (κ3) is 6.97. The van der Waals surface area contributed by atoms with E-state index in [0.717, 1.165) is 37.9 Å². The highest BCUT2D eigenvalue weighted by atomic mass is 16.2. The Labute approximate surface area is 192 Å². The molecule has 1 unspecified atom stereocenters. The predicted molar refractivity (Wildman–Crippen MR) is 128 cm³/mol. The van der Waals surface area contributed by atoms with Crippen molar-refractivity contribution >= 4 is 17.8 Å². The Bertz CT molecular complexity index is 761. The second-order valence-electron chi connectivity index (χ2n) is 8.84. The molecule has 3 rings (SSSR count). The molecule has 0 bridgehead atoms. The lowest BCUT2D eigenvalue weighted by atomic mass is 9.88. The lowest BCUT2D eigenvalue weighted by molar-refractivity contribution is -0.135.